The summed E-state index contributed by atoms with van der Waals surface area (Å²) in [4.78, 5) is 13.3. The molecule has 2 heteroatoms. The van der Waals surface area contributed by atoms with Gasteiger partial charge >= 0.3 is 0 Å². The molecule has 1 N–H and O–H groups in total. The van der Waals surface area contributed by atoms with Crippen LogP contribution in [0, 0.1) is 46.3 Å². The van der Waals surface area contributed by atoms with Crippen molar-refractivity contribution in [2.24, 2.45) is 46.3 Å². The van der Waals surface area contributed by atoms with Gasteiger partial charge in [-0.05, 0) is 78.9 Å². The molecule has 0 aromatic rings. The Bertz CT molecular complexity index is 585. The van der Waals surface area contributed by atoms with E-state index < -0.39 is 0 Å². The second kappa shape index (κ2) is 7.62. The molecule has 0 aromatic heterocycles. The number of amides is 1. The Balaban J connectivity index is 1.51. The van der Waals surface area contributed by atoms with E-state index in [1.54, 1.807) is 0 Å². The van der Waals surface area contributed by atoms with E-state index in [1.165, 1.54) is 70.6 Å². The molecule has 1 amide bonds. The second-order valence-electron chi connectivity index (χ2n) is 12.1. The Morgan fingerprint density at radius 3 is 2.43 bits per heavy atom. The SMILES string of the molecule is CC(C)CCC[C@@H](C)[C@H]1CC[C@H]2[C@@H]3C(=O)NC4CCCC[C@]4(C)[C@H]3CC[C@]12C. The molecule has 3 aliphatic carbocycles. The van der Waals surface area contributed by atoms with Crippen molar-refractivity contribution in [3.05, 3.63) is 0 Å². The second-order valence-corrected chi connectivity index (χ2v) is 12.1. The molecule has 4 aliphatic rings. The van der Waals surface area contributed by atoms with Crippen molar-refractivity contribution in [1.82, 2.24) is 5.32 Å². The van der Waals surface area contributed by atoms with Crippen LogP contribution in [0.3, 0.4) is 0 Å². The van der Waals surface area contributed by atoms with E-state index in [0.29, 0.717) is 40.5 Å². The van der Waals surface area contributed by atoms with Gasteiger partial charge in [0, 0.05) is 12.0 Å². The minimum absolute atomic E-state index is 0.297. The van der Waals surface area contributed by atoms with Crippen LogP contribution < -0.4 is 5.32 Å². The maximum Gasteiger partial charge on any atom is 0.223 e. The van der Waals surface area contributed by atoms with Crippen molar-refractivity contribution in [2.45, 2.75) is 111 Å². The Hall–Kier alpha value is -0.530. The van der Waals surface area contributed by atoms with Gasteiger partial charge in [0.05, 0.1) is 0 Å². The van der Waals surface area contributed by atoms with Crippen LogP contribution in [0.15, 0.2) is 0 Å². The van der Waals surface area contributed by atoms with Crippen molar-refractivity contribution < 1.29 is 4.79 Å². The third kappa shape index (κ3) is 3.25. The highest BCUT2D eigenvalue weighted by molar-refractivity contribution is 5.81. The van der Waals surface area contributed by atoms with Crippen molar-refractivity contribution >= 4 is 5.91 Å². The summed E-state index contributed by atoms with van der Waals surface area (Å²) < 4.78 is 0. The lowest BCUT2D eigenvalue weighted by Gasteiger charge is -2.60. The summed E-state index contributed by atoms with van der Waals surface area (Å²) in [5, 5.41) is 3.54. The van der Waals surface area contributed by atoms with E-state index in [4.69, 9.17) is 0 Å². The lowest BCUT2D eigenvalue weighted by atomic mass is 9.47. The zero-order chi connectivity index (χ0) is 20.1. The van der Waals surface area contributed by atoms with E-state index >= 15 is 0 Å². The fraction of sp³-hybridized carbons (Fsp3) is 0.962. The van der Waals surface area contributed by atoms with Gasteiger partial charge in [0.1, 0.15) is 0 Å². The maximum absolute atomic E-state index is 13.3. The van der Waals surface area contributed by atoms with Crippen molar-refractivity contribution in [3.63, 3.8) is 0 Å². The van der Waals surface area contributed by atoms with Crippen LogP contribution in [0.4, 0.5) is 0 Å². The normalized spacial score (nSPS) is 46.5. The number of fused-ring (bicyclic) bond motifs is 5. The zero-order valence-corrected chi connectivity index (χ0v) is 19.2. The summed E-state index contributed by atoms with van der Waals surface area (Å²) in [5.74, 6) is 4.46. The van der Waals surface area contributed by atoms with Gasteiger partial charge < -0.3 is 5.32 Å². The van der Waals surface area contributed by atoms with Gasteiger partial charge in [0.15, 0.2) is 0 Å². The molecule has 8 atom stereocenters. The molecule has 2 nitrogen and oxygen atoms in total. The Labute approximate surface area is 174 Å². The molecule has 4 fully saturated rings. The van der Waals surface area contributed by atoms with Gasteiger partial charge in [-0.1, -0.05) is 66.7 Å². The number of piperidine rings is 1. The van der Waals surface area contributed by atoms with E-state index in [2.05, 4.69) is 39.9 Å². The third-order valence-corrected chi connectivity index (χ3v) is 10.2. The van der Waals surface area contributed by atoms with Gasteiger partial charge in [0.2, 0.25) is 5.91 Å². The molecule has 1 heterocycles. The summed E-state index contributed by atoms with van der Waals surface area (Å²) in [6.45, 7) is 12.3. The van der Waals surface area contributed by atoms with E-state index in [9.17, 15) is 4.79 Å². The fourth-order valence-corrected chi connectivity index (χ4v) is 8.58. The topological polar surface area (TPSA) is 29.1 Å². The van der Waals surface area contributed by atoms with Gasteiger partial charge in [-0.3, -0.25) is 4.79 Å². The molecular weight excluding hydrogens is 342 g/mol. The molecule has 1 aliphatic heterocycles. The standard InChI is InChI=1S/C26H45NO/c1-17(2)9-8-10-18(3)19-12-13-20-23-21(14-16-25(19,20)4)26(5)15-7-6-11-22(26)27-24(23)28/h17-23H,6-16H2,1-5H3,(H,27,28)/t18-,19-,20+,21+,22?,23+,25-,26-/m1/s1. The first kappa shape index (κ1) is 20.7. The molecule has 1 unspecified atom stereocenters. The number of rotatable bonds is 5. The summed E-state index contributed by atoms with van der Waals surface area (Å²) in [7, 11) is 0. The smallest absolute Gasteiger partial charge is 0.223 e. The van der Waals surface area contributed by atoms with Crippen LogP contribution in [0.25, 0.3) is 0 Å². The maximum atomic E-state index is 13.3. The van der Waals surface area contributed by atoms with Gasteiger partial charge in [-0.25, -0.2) is 0 Å². The summed E-state index contributed by atoms with van der Waals surface area (Å²) >= 11 is 0. The third-order valence-electron chi connectivity index (χ3n) is 10.2. The number of nitrogens with one attached hydrogen (secondary N) is 1. The van der Waals surface area contributed by atoms with E-state index in [1.807, 2.05) is 0 Å². The predicted molar refractivity (Wildman–Crippen MR) is 117 cm³/mol. The van der Waals surface area contributed by atoms with Gasteiger partial charge in [0.25, 0.3) is 0 Å². The summed E-state index contributed by atoms with van der Waals surface area (Å²) in [6, 6.07) is 0.450. The zero-order valence-electron chi connectivity index (χ0n) is 19.2. The molecule has 3 saturated carbocycles. The molecule has 160 valence electrons. The molecule has 0 radical (unpaired) electrons. The van der Waals surface area contributed by atoms with Crippen LogP contribution in [-0.2, 0) is 4.79 Å². The fourth-order valence-electron chi connectivity index (χ4n) is 8.58. The van der Waals surface area contributed by atoms with E-state index in [-0.39, 0.29) is 0 Å². The Morgan fingerprint density at radius 1 is 0.929 bits per heavy atom. The van der Waals surface area contributed by atoms with Gasteiger partial charge in [-0.15, -0.1) is 0 Å². The Morgan fingerprint density at radius 2 is 1.68 bits per heavy atom. The largest absolute Gasteiger partial charge is 0.353 e. The average Bonchev–Trinajstić information content (AvgIpc) is 2.99. The quantitative estimate of drug-likeness (QED) is 0.566. The van der Waals surface area contributed by atoms with Crippen LogP contribution in [-0.4, -0.2) is 11.9 Å². The van der Waals surface area contributed by atoms with Crippen molar-refractivity contribution in [3.8, 4) is 0 Å². The first-order valence-corrected chi connectivity index (χ1v) is 12.6. The number of hydrogen-bond donors (Lipinski definition) is 1. The minimum Gasteiger partial charge on any atom is -0.353 e. The highest BCUT2D eigenvalue weighted by Gasteiger charge is 2.62. The molecule has 0 aromatic carbocycles. The van der Waals surface area contributed by atoms with Gasteiger partial charge in [-0.2, -0.15) is 0 Å². The first-order valence-electron chi connectivity index (χ1n) is 12.6. The Kier molecular flexibility index (Phi) is 5.64. The molecular formula is C26H45NO. The molecule has 1 saturated heterocycles. The van der Waals surface area contributed by atoms with Crippen LogP contribution >= 0.6 is 0 Å². The monoisotopic (exact) mass is 387 g/mol. The average molecular weight is 388 g/mol. The first-order chi connectivity index (χ1) is 13.3. The highest BCUT2D eigenvalue weighted by atomic mass is 16.2. The van der Waals surface area contributed by atoms with Crippen molar-refractivity contribution in [2.75, 3.05) is 0 Å². The molecule has 28 heavy (non-hydrogen) atoms. The summed E-state index contributed by atoms with van der Waals surface area (Å²) in [5.41, 5.74) is 0.757. The van der Waals surface area contributed by atoms with Crippen molar-refractivity contribution in [1.29, 1.82) is 0 Å². The highest BCUT2D eigenvalue weighted by Crippen LogP contribution is 2.65. The molecule has 0 bridgehead atoms. The number of carbonyl (C=O) groups is 1. The van der Waals surface area contributed by atoms with Crippen LogP contribution in [0.5, 0.6) is 0 Å². The lowest BCUT2D eigenvalue weighted by molar-refractivity contribution is -0.155. The predicted octanol–water partition coefficient (Wildman–Crippen LogP) is 6.59. The van der Waals surface area contributed by atoms with E-state index in [0.717, 1.165) is 17.8 Å². The number of hydrogen-bond acceptors (Lipinski definition) is 1. The number of carbonyl (C=O) groups excluding carboxylic acids is 1. The molecule has 0 spiro atoms. The van der Waals surface area contributed by atoms with Crippen LogP contribution in [0.2, 0.25) is 0 Å². The van der Waals surface area contributed by atoms with Crippen LogP contribution in [0.1, 0.15) is 105 Å². The minimum atomic E-state index is 0.297. The molecule has 4 rings (SSSR count). The summed E-state index contributed by atoms with van der Waals surface area (Å²) in [6.07, 6.45) is 14.7. The lowest BCUT2D eigenvalue weighted by Crippen LogP contribution is -2.65.